The van der Waals surface area contributed by atoms with Crippen molar-refractivity contribution >= 4 is 38.1 Å². The first-order valence-electron chi connectivity index (χ1n) is 11.5. The third-order valence-electron chi connectivity index (χ3n) is 5.66. The molecule has 188 valence electrons. The van der Waals surface area contributed by atoms with E-state index in [1.807, 2.05) is 59.5 Å². The van der Waals surface area contributed by atoms with Crippen LogP contribution in [-0.2, 0) is 21.4 Å². The molecule has 1 N–H and O–H groups in total. The largest absolute Gasteiger partial charge is 0.489 e. The van der Waals surface area contributed by atoms with Gasteiger partial charge in [0.05, 0.1) is 17.7 Å². The van der Waals surface area contributed by atoms with Crippen molar-refractivity contribution in [2.45, 2.75) is 11.5 Å². The number of nitrogens with one attached hydrogen (secondary N) is 1. The summed E-state index contributed by atoms with van der Waals surface area (Å²) in [4.78, 5) is 14.5. The fourth-order valence-corrected chi connectivity index (χ4v) is 5.41. The molecular formula is C26H27BrN4O4S. The predicted octanol–water partition coefficient (Wildman–Crippen LogP) is 3.48. The number of nitrogens with zero attached hydrogens (tertiary/aromatic N) is 3. The number of piperazine rings is 1. The number of benzene rings is 3. The van der Waals surface area contributed by atoms with Gasteiger partial charge in [0.2, 0.25) is 10.0 Å². The summed E-state index contributed by atoms with van der Waals surface area (Å²) < 4.78 is 33.8. The fourth-order valence-electron chi connectivity index (χ4n) is 3.73. The Labute approximate surface area is 219 Å². The maximum Gasteiger partial charge on any atom is 0.254 e. The fraction of sp³-hybridized carbons (Fsp3) is 0.231. The molecule has 3 aromatic rings. The average Bonchev–Trinajstić information content (AvgIpc) is 2.89. The maximum atomic E-state index is 12.8. The predicted molar refractivity (Wildman–Crippen MR) is 142 cm³/mol. The van der Waals surface area contributed by atoms with Gasteiger partial charge in [-0.3, -0.25) is 9.69 Å². The maximum absolute atomic E-state index is 12.8. The van der Waals surface area contributed by atoms with Crippen LogP contribution in [-0.4, -0.2) is 62.5 Å². The van der Waals surface area contributed by atoms with Crippen molar-refractivity contribution in [3.63, 3.8) is 0 Å². The quantitative estimate of drug-likeness (QED) is 0.314. The summed E-state index contributed by atoms with van der Waals surface area (Å²) in [7, 11) is -3.55. The number of hydrogen-bond acceptors (Lipinski definition) is 6. The summed E-state index contributed by atoms with van der Waals surface area (Å²) >= 11 is 3.32. The number of hydrazone groups is 1. The summed E-state index contributed by atoms with van der Waals surface area (Å²) in [6.45, 7) is 2.19. The van der Waals surface area contributed by atoms with Gasteiger partial charge < -0.3 is 4.74 Å². The Morgan fingerprint density at radius 2 is 1.69 bits per heavy atom. The van der Waals surface area contributed by atoms with Gasteiger partial charge in [-0.25, -0.2) is 13.8 Å². The molecule has 0 aliphatic carbocycles. The lowest BCUT2D eigenvalue weighted by Crippen LogP contribution is -2.50. The molecule has 1 heterocycles. The van der Waals surface area contributed by atoms with Gasteiger partial charge in [-0.05, 0) is 47.5 Å². The molecule has 1 fully saturated rings. The molecule has 0 spiro atoms. The van der Waals surface area contributed by atoms with Gasteiger partial charge in [0.15, 0.2) is 0 Å². The van der Waals surface area contributed by atoms with Crippen molar-refractivity contribution in [3.05, 3.63) is 94.5 Å². The molecule has 1 amide bonds. The van der Waals surface area contributed by atoms with Gasteiger partial charge in [-0.2, -0.15) is 9.41 Å². The molecule has 0 radical (unpaired) electrons. The van der Waals surface area contributed by atoms with Gasteiger partial charge in [-0.1, -0.05) is 58.4 Å². The Balaban J connectivity index is 1.22. The molecule has 3 aromatic carbocycles. The van der Waals surface area contributed by atoms with Crippen LogP contribution in [0.4, 0.5) is 0 Å². The Bertz CT molecular complexity index is 1290. The minimum absolute atomic E-state index is 0.143. The number of amides is 1. The van der Waals surface area contributed by atoms with Crippen LogP contribution < -0.4 is 10.2 Å². The van der Waals surface area contributed by atoms with Crippen molar-refractivity contribution < 1.29 is 17.9 Å². The van der Waals surface area contributed by atoms with Crippen LogP contribution in [0.1, 0.15) is 11.1 Å². The number of carbonyl (C=O) groups is 1. The molecule has 1 aliphatic heterocycles. The van der Waals surface area contributed by atoms with E-state index in [0.717, 1.165) is 15.6 Å². The van der Waals surface area contributed by atoms with E-state index in [0.29, 0.717) is 38.5 Å². The van der Waals surface area contributed by atoms with Crippen LogP contribution >= 0.6 is 15.9 Å². The van der Waals surface area contributed by atoms with Crippen LogP contribution in [0.15, 0.2) is 93.3 Å². The lowest BCUT2D eigenvalue weighted by molar-refractivity contribution is -0.122. The standard InChI is InChI=1S/C26H27BrN4O4S/c27-23-9-11-25(12-10-23)36(33,34)31-15-13-30(14-16-31)19-26(32)29-28-18-22-7-4-8-24(17-22)35-20-21-5-2-1-3-6-21/h1-12,17-18H,13-16,19-20H2,(H,29,32)/b28-18+. The zero-order valence-corrected chi connectivity index (χ0v) is 22.0. The summed E-state index contributed by atoms with van der Waals surface area (Å²) in [5.74, 6) is 0.456. The van der Waals surface area contributed by atoms with Crippen LogP contribution in [0.3, 0.4) is 0 Å². The van der Waals surface area contributed by atoms with Crippen molar-refractivity contribution in [2.24, 2.45) is 5.10 Å². The molecule has 0 aromatic heterocycles. The van der Waals surface area contributed by atoms with E-state index in [9.17, 15) is 13.2 Å². The smallest absolute Gasteiger partial charge is 0.254 e. The van der Waals surface area contributed by atoms with Crippen molar-refractivity contribution in [2.75, 3.05) is 32.7 Å². The van der Waals surface area contributed by atoms with Crippen LogP contribution in [0.5, 0.6) is 5.75 Å². The molecule has 0 bridgehead atoms. The second-order valence-corrected chi connectivity index (χ2v) is 11.1. The van der Waals surface area contributed by atoms with Gasteiger partial charge >= 0.3 is 0 Å². The molecule has 10 heteroatoms. The minimum Gasteiger partial charge on any atom is -0.489 e. The Hall–Kier alpha value is -3.05. The molecule has 1 aliphatic rings. The Kier molecular flexibility index (Phi) is 8.87. The van der Waals surface area contributed by atoms with Crippen LogP contribution in [0.2, 0.25) is 0 Å². The molecule has 0 saturated carbocycles. The van der Waals surface area contributed by atoms with Crippen molar-refractivity contribution in [1.29, 1.82) is 0 Å². The topological polar surface area (TPSA) is 91.3 Å². The molecular weight excluding hydrogens is 544 g/mol. The molecule has 0 atom stereocenters. The average molecular weight is 571 g/mol. The lowest BCUT2D eigenvalue weighted by atomic mass is 10.2. The van der Waals surface area contributed by atoms with Crippen molar-refractivity contribution in [1.82, 2.24) is 14.6 Å². The highest BCUT2D eigenvalue weighted by atomic mass is 79.9. The third kappa shape index (κ3) is 7.23. The van der Waals surface area contributed by atoms with Gasteiger partial charge in [0.25, 0.3) is 5.91 Å². The van der Waals surface area contributed by atoms with Gasteiger partial charge in [0, 0.05) is 30.7 Å². The SMILES string of the molecule is O=C(CN1CCN(S(=O)(=O)c2ccc(Br)cc2)CC1)N/N=C/c1cccc(OCc2ccccc2)c1. The lowest BCUT2D eigenvalue weighted by Gasteiger charge is -2.33. The molecule has 1 saturated heterocycles. The van der Waals surface area contributed by atoms with Crippen LogP contribution in [0, 0.1) is 0 Å². The number of hydrogen-bond donors (Lipinski definition) is 1. The summed E-state index contributed by atoms with van der Waals surface area (Å²) in [6, 6.07) is 24.0. The van der Waals surface area contributed by atoms with Gasteiger partial charge in [0.1, 0.15) is 12.4 Å². The molecule has 4 rings (SSSR count). The van der Waals surface area contributed by atoms with Crippen molar-refractivity contribution in [3.8, 4) is 5.75 Å². The zero-order valence-electron chi connectivity index (χ0n) is 19.6. The van der Waals surface area contributed by atoms with E-state index in [1.54, 1.807) is 30.5 Å². The highest BCUT2D eigenvalue weighted by molar-refractivity contribution is 9.10. The highest BCUT2D eigenvalue weighted by Crippen LogP contribution is 2.20. The van der Waals surface area contributed by atoms with E-state index >= 15 is 0 Å². The number of rotatable bonds is 9. The minimum atomic E-state index is -3.55. The van der Waals surface area contributed by atoms with Crippen LogP contribution in [0.25, 0.3) is 0 Å². The van der Waals surface area contributed by atoms with E-state index in [2.05, 4.69) is 26.5 Å². The molecule has 36 heavy (non-hydrogen) atoms. The van der Waals surface area contributed by atoms with Gasteiger partial charge in [-0.15, -0.1) is 0 Å². The van der Waals surface area contributed by atoms with E-state index in [-0.39, 0.29) is 17.3 Å². The first-order valence-corrected chi connectivity index (χ1v) is 13.7. The Morgan fingerprint density at radius 1 is 0.972 bits per heavy atom. The number of ether oxygens (including phenoxy) is 1. The number of carbonyl (C=O) groups excluding carboxylic acids is 1. The van der Waals surface area contributed by atoms with E-state index < -0.39 is 10.0 Å². The number of sulfonamides is 1. The Morgan fingerprint density at radius 3 is 2.42 bits per heavy atom. The summed E-state index contributed by atoms with van der Waals surface area (Å²) in [5, 5.41) is 4.05. The first kappa shape index (κ1) is 26.0. The van der Waals surface area contributed by atoms with E-state index in [4.69, 9.17) is 4.74 Å². The molecule has 0 unspecified atom stereocenters. The second-order valence-electron chi connectivity index (χ2n) is 8.27. The third-order valence-corrected chi connectivity index (χ3v) is 8.10. The highest BCUT2D eigenvalue weighted by Gasteiger charge is 2.28. The number of halogens is 1. The monoisotopic (exact) mass is 570 g/mol. The first-order chi connectivity index (χ1) is 17.4. The summed E-state index contributed by atoms with van der Waals surface area (Å²) in [6.07, 6.45) is 1.57. The normalized spacial score (nSPS) is 15.1. The second kappa shape index (κ2) is 12.3. The zero-order chi connectivity index (χ0) is 25.4. The molecule has 8 nitrogen and oxygen atoms in total. The summed E-state index contributed by atoms with van der Waals surface area (Å²) in [5.41, 5.74) is 4.42. The van der Waals surface area contributed by atoms with E-state index in [1.165, 1.54) is 4.31 Å².